The SMILES string of the molecule is CCCCCCN(CCCCCC)c1ccc(/C=C/c2ccc(C#Cc3ccc4c(c3)C(CCCC)(CCCC)c3cc(C#Cc5ccc(/C=C/c6ccc(N(CC)CCOC(=O)NCCC[Si](OCC)(OCC)OCC)cc6)s5)ccc3-4)s2)cc1. The van der Waals surface area contributed by atoms with Crippen molar-refractivity contribution in [2.24, 2.45) is 0 Å². The number of unbranched alkanes of at least 4 members (excludes halogenated alkanes) is 8. The topological polar surface area (TPSA) is 72.5 Å². The lowest BCUT2D eigenvalue weighted by Crippen LogP contribution is -2.46. The van der Waals surface area contributed by atoms with Gasteiger partial charge in [0.05, 0.1) is 16.3 Å². The third-order valence-corrected chi connectivity index (χ3v) is 21.2. The highest BCUT2D eigenvalue weighted by molar-refractivity contribution is 7.13. The summed E-state index contributed by atoms with van der Waals surface area (Å²) in [5, 5.41) is 2.87. The van der Waals surface area contributed by atoms with Crippen molar-refractivity contribution < 1.29 is 22.8 Å². The van der Waals surface area contributed by atoms with Crippen LogP contribution in [0.5, 0.6) is 0 Å². The smallest absolute Gasteiger partial charge is 0.448 e. The van der Waals surface area contributed by atoms with Gasteiger partial charge in [0.15, 0.2) is 0 Å². The third kappa shape index (κ3) is 19.9. The summed E-state index contributed by atoms with van der Waals surface area (Å²) in [5.74, 6) is 14.3. The van der Waals surface area contributed by atoms with Crippen molar-refractivity contribution in [3.63, 3.8) is 0 Å². The molecule has 0 saturated carbocycles. The lowest BCUT2D eigenvalue weighted by molar-refractivity contribution is 0.0706. The van der Waals surface area contributed by atoms with Crippen molar-refractivity contribution >= 4 is 73.3 Å². The quantitative estimate of drug-likeness (QED) is 0.0239. The van der Waals surface area contributed by atoms with Crippen LogP contribution in [0, 0.1) is 23.7 Å². The Labute approximate surface area is 527 Å². The minimum Gasteiger partial charge on any atom is -0.448 e. The summed E-state index contributed by atoms with van der Waals surface area (Å²) in [6, 6.07) is 40.9. The number of hydrogen-bond acceptors (Lipinski definition) is 9. The van der Waals surface area contributed by atoms with Crippen molar-refractivity contribution in [1.82, 2.24) is 5.32 Å². The Morgan fingerprint density at radius 1 is 0.512 bits per heavy atom. The molecule has 0 bridgehead atoms. The fourth-order valence-electron chi connectivity index (χ4n) is 11.6. The summed E-state index contributed by atoms with van der Waals surface area (Å²) in [7, 11) is -2.74. The average molecular weight is 1210 g/mol. The first-order valence-corrected chi connectivity index (χ1v) is 36.1. The number of benzene rings is 4. The van der Waals surface area contributed by atoms with E-state index in [0.717, 1.165) is 95.2 Å². The van der Waals surface area contributed by atoms with Gasteiger partial charge in [-0.3, -0.25) is 0 Å². The molecule has 1 amide bonds. The Bertz CT molecular complexity index is 3150. The molecule has 0 atom stereocenters. The van der Waals surface area contributed by atoms with E-state index in [4.69, 9.17) is 18.0 Å². The zero-order valence-electron chi connectivity index (χ0n) is 53.1. The molecule has 86 heavy (non-hydrogen) atoms. The van der Waals surface area contributed by atoms with Gasteiger partial charge in [-0.2, -0.15) is 0 Å². The fourth-order valence-corrected chi connectivity index (χ4v) is 15.7. The maximum Gasteiger partial charge on any atom is 0.500 e. The molecule has 458 valence electrons. The largest absolute Gasteiger partial charge is 0.500 e. The van der Waals surface area contributed by atoms with Gasteiger partial charge >= 0.3 is 14.9 Å². The zero-order valence-corrected chi connectivity index (χ0v) is 55.8. The van der Waals surface area contributed by atoms with Gasteiger partial charge in [0.25, 0.3) is 0 Å². The Morgan fingerprint density at radius 3 is 1.44 bits per heavy atom. The Hall–Kier alpha value is -6.15. The third-order valence-electron chi connectivity index (χ3n) is 16.1. The van der Waals surface area contributed by atoms with Crippen molar-refractivity contribution in [3.8, 4) is 34.8 Å². The molecular weight excluding hydrogens is 1120 g/mol. The van der Waals surface area contributed by atoms with Gasteiger partial charge in [0.2, 0.25) is 0 Å². The molecule has 0 saturated heterocycles. The first kappa shape index (κ1) is 67.4. The fraction of sp³-hybridized carbons (Fsp3) is 0.453. The number of alkyl carbamates (subject to hydrolysis) is 1. The number of rotatable bonds is 36. The van der Waals surface area contributed by atoms with Crippen LogP contribution in [-0.4, -0.2) is 74.0 Å². The first-order valence-electron chi connectivity index (χ1n) is 32.5. The minimum absolute atomic E-state index is 0.0805. The van der Waals surface area contributed by atoms with E-state index >= 15 is 0 Å². The summed E-state index contributed by atoms with van der Waals surface area (Å²) in [4.78, 5) is 21.8. The summed E-state index contributed by atoms with van der Waals surface area (Å²) >= 11 is 3.47. The van der Waals surface area contributed by atoms with Crippen LogP contribution in [-0.2, 0) is 23.4 Å². The first-order chi connectivity index (χ1) is 42.1. The van der Waals surface area contributed by atoms with Crippen LogP contribution in [0.25, 0.3) is 35.4 Å². The lowest BCUT2D eigenvalue weighted by Gasteiger charge is -2.33. The maximum atomic E-state index is 12.5. The van der Waals surface area contributed by atoms with Crippen molar-refractivity contribution in [2.75, 3.05) is 69.0 Å². The number of carbonyl (C=O) groups is 1. The molecule has 4 aromatic carbocycles. The van der Waals surface area contributed by atoms with Crippen molar-refractivity contribution in [3.05, 3.63) is 162 Å². The molecule has 2 aromatic heterocycles. The second-order valence-electron chi connectivity index (χ2n) is 22.4. The Balaban J connectivity index is 0.955. The normalized spacial score (nSPS) is 12.4. The number of hydrogen-bond donors (Lipinski definition) is 1. The molecule has 2 heterocycles. The molecule has 1 aliphatic carbocycles. The van der Waals surface area contributed by atoms with Crippen LogP contribution in [0.1, 0.15) is 205 Å². The van der Waals surface area contributed by atoms with Crippen LogP contribution in [0.3, 0.4) is 0 Å². The summed E-state index contributed by atoms with van der Waals surface area (Å²) in [6.45, 7) is 23.1. The molecule has 0 spiro atoms. The number of amides is 1. The van der Waals surface area contributed by atoms with Crippen LogP contribution in [0.2, 0.25) is 6.04 Å². The molecule has 1 N–H and O–H groups in total. The number of fused-ring (bicyclic) bond motifs is 3. The molecule has 11 heteroatoms. The molecule has 7 rings (SSSR count). The highest BCUT2D eigenvalue weighted by Gasteiger charge is 2.43. The van der Waals surface area contributed by atoms with Gasteiger partial charge in [-0.15, -0.1) is 22.7 Å². The Kier molecular flexibility index (Phi) is 28.4. The second-order valence-corrected chi connectivity index (χ2v) is 27.4. The summed E-state index contributed by atoms with van der Waals surface area (Å²) in [5.41, 5.74) is 12.3. The number of ether oxygens (including phenoxy) is 1. The second kappa shape index (κ2) is 36.2. The van der Waals surface area contributed by atoms with E-state index in [1.807, 2.05) is 20.8 Å². The van der Waals surface area contributed by atoms with E-state index < -0.39 is 14.9 Å². The lowest BCUT2D eigenvalue weighted by atomic mass is 9.70. The zero-order chi connectivity index (χ0) is 60.8. The number of anilines is 2. The van der Waals surface area contributed by atoms with Crippen LogP contribution >= 0.6 is 22.7 Å². The molecule has 0 radical (unpaired) electrons. The van der Waals surface area contributed by atoms with Crippen LogP contribution in [0.4, 0.5) is 16.2 Å². The number of likely N-dealkylation sites (N-methyl/N-ethyl adjacent to an activating group) is 1. The van der Waals surface area contributed by atoms with E-state index in [0.29, 0.717) is 45.4 Å². The molecule has 0 aliphatic heterocycles. The van der Waals surface area contributed by atoms with E-state index in [9.17, 15) is 4.79 Å². The van der Waals surface area contributed by atoms with Gasteiger partial charge < -0.3 is 33.1 Å². The number of carbonyl (C=O) groups excluding carboxylic acids is 1. The predicted octanol–water partition coefficient (Wildman–Crippen LogP) is 19.6. The van der Waals surface area contributed by atoms with Gasteiger partial charge in [0.1, 0.15) is 6.61 Å². The van der Waals surface area contributed by atoms with Crippen molar-refractivity contribution in [2.45, 2.75) is 163 Å². The van der Waals surface area contributed by atoms with E-state index in [1.54, 1.807) is 22.7 Å². The Morgan fingerprint density at radius 2 is 0.988 bits per heavy atom. The van der Waals surface area contributed by atoms with Gasteiger partial charge in [-0.1, -0.05) is 164 Å². The van der Waals surface area contributed by atoms with Gasteiger partial charge in [0, 0.05) is 89.7 Å². The van der Waals surface area contributed by atoms with Gasteiger partial charge in [-0.25, -0.2) is 4.79 Å². The molecule has 1 aliphatic rings. The highest BCUT2D eigenvalue weighted by Crippen LogP contribution is 2.54. The van der Waals surface area contributed by atoms with E-state index in [1.165, 1.54) is 89.7 Å². The number of nitrogens with one attached hydrogen (secondary N) is 1. The standard InChI is InChI=1S/C75H97N3O5S2Si/c1-9-17-21-23-53-78(54-24-22-18-10-2)65-38-28-61(29-39-65)31-41-67-45-47-69(85-67)43-33-63-35-49-71-70-48-34-62(58-72(70)75(50-19-11-3,51-20-12-4)73(71)59-63)32-42-68-46-44-66(84-68)40-30-60-26-36-64(37-27-60)77(13-5)55-56-80-74(79)76-52-25-57-86(81-14-6,82-15-7)83-16-8/h26-31,34-41,44-49,58-59H,9-25,50-57H2,1-8H3,(H,76,79)/b40-30+,41-31+. The average Bonchev–Trinajstić information content (AvgIpc) is 1.76. The molecular formula is C75H97N3O5S2Si. The summed E-state index contributed by atoms with van der Waals surface area (Å²) < 4.78 is 23.3. The van der Waals surface area contributed by atoms with Gasteiger partial charge in [-0.05, 0) is 178 Å². The molecule has 0 fully saturated rings. The van der Waals surface area contributed by atoms with Crippen LogP contribution < -0.4 is 15.1 Å². The minimum atomic E-state index is -2.74. The molecule has 6 aromatic rings. The summed E-state index contributed by atoms with van der Waals surface area (Å²) in [6.07, 6.45) is 26.2. The molecule has 0 unspecified atom stereocenters. The maximum absolute atomic E-state index is 12.5. The number of nitrogens with zero attached hydrogens (tertiary/aromatic N) is 2. The number of thiophene rings is 2. The molecule has 8 nitrogen and oxygen atoms in total. The van der Waals surface area contributed by atoms with Crippen LogP contribution in [0.15, 0.2) is 109 Å². The van der Waals surface area contributed by atoms with E-state index in [2.05, 4.69) is 207 Å². The van der Waals surface area contributed by atoms with Crippen molar-refractivity contribution in [1.29, 1.82) is 0 Å². The predicted molar refractivity (Wildman–Crippen MR) is 371 cm³/mol. The van der Waals surface area contributed by atoms with E-state index in [-0.39, 0.29) is 12.0 Å². The highest BCUT2D eigenvalue weighted by atomic mass is 32.1. The monoisotopic (exact) mass is 1210 g/mol.